The summed E-state index contributed by atoms with van der Waals surface area (Å²) >= 11 is 0. The van der Waals surface area contributed by atoms with Gasteiger partial charge in [0.25, 0.3) is 0 Å². The van der Waals surface area contributed by atoms with Gasteiger partial charge in [-0.3, -0.25) is 9.80 Å². The normalized spacial score (nSPS) is 26.4. The molecule has 0 aliphatic carbocycles. The summed E-state index contributed by atoms with van der Waals surface area (Å²) in [6.45, 7) is 10.6. The van der Waals surface area contributed by atoms with E-state index in [0.717, 1.165) is 32.6 Å². The molecule has 0 unspecified atom stereocenters. The lowest BCUT2D eigenvalue weighted by molar-refractivity contribution is 0.0140. The smallest absolute Gasteiger partial charge is 0.0664 e. The highest BCUT2D eigenvalue weighted by Crippen LogP contribution is 2.18. The molecule has 3 nitrogen and oxygen atoms in total. The molecular weight excluding hydrogens is 176 g/mol. The molecule has 0 spiro atoms. The molecule has 0 aromatic carbocycles. The molecule has 84 valence electrons. The fraction of sp³-hybridized carbons (Fsp3) is 1.00. The predicted molar refractivity (Wildman–Crippen MR) is 59.4 cm³/mol. The van der Waals surface area contributed by atoms with Crippen molar-refractivity contribution in [1.29, 1.82) is 0 Å². The Bertz CT molecular complexity index is 182. The molecule has 0 radical (unpaired) electrons. The summed E-state index contributed by atoms with van der Waals surface area (Å²) in [5.41, 5.74) is 0.242. The molecule has 1 N–H and O–H groups in total. The molecule has 0 bridgehead atoms. The molecule has 14 heavy (non-hydrogen) atoms. The van der Waals surface area contributed by atoms with Gasteiger partial charge in [0.1, 0.15) is 0 Å². The first kappa shape index (κ1) is 12.0. The zero-order valence-electron chi connectivity index (χ0n) is 9.95. The van der Waals surface area contributed by atoms with Crippen LogP contribution in [0.4, 0.5) is 0 Å². The minimum Gasteiger partial charge on any atom is -0.392 e. The van der Waals surface area contributed by atoms with Gasteiger partial charge in [0.15, 0.2) is 0 Å². The first-order valence-corrected chi connectivity index (χ1v) is 5.57. The minimum absolute atomic E-state index is 0.158. The summed E-state index contributed by atoms with van der Waals surface area (Å²) in [5.74, 6) is 0. The summed E-state index contributed by atoms with van der Waals surface area (Å²) < 4.78 is 0. The second-order valence-corrected chi connectivity index (χ2v) is 5.03. The van der Waals surface area contributed by atoms with Crippen LogP contribution < -0.4 is 0 Å². The summed E-state index contributed by atoms with van der Waals surface area (Å²) in [5, 5.41) is 9.59. The van der Waals surface area contributed by atoms with Crippen molar-refractivity contribution in [2.24, 2.45) is 0 Å². The van der Waals surface area contributed by atoms with Gasteiger partial charge in [-0.15, -0.1) is 0 Å². The number of aliphatic hydroxyl groups is 1. The van der Waals surface area contributed by atoms with E-state index in [1.54, 1.807) is 0 Å². The van der Waals surface area contributed by atoms with E-state index in [1.165, 1.54) is 0 Å². The van der Waals surface area contributed by atoms with Crippen LogP contribution in [0.2, 0.25) is 0 Å². The molecule has 1 heterocycles. The topological polar surface area (TPSA) is 26.7 Å². The van der Waals surface area contributed by atoms with Crippen LogP contribution in [0.3, 0.4) is 0 Å². The highest BCUT2D eigenvalue weighted by molar-refractivity contribution is 4.88. The number of likely N-dealkylation sites (N-methyl/N-ethyl adjacent to an activating group) is 1. The van der Waals surface area contributed by atoms with Gasteiger partial charge in [-0.05, 0) is 27.3 Å². The monoisotopic (exact) mass is 200 g/mol. The van der Waals surface area contributed by atoms with Crippen molar-refractivity contribution < 1.29 is 5.11 Å². The van der Waals surface area contributed by atoms with Gasteiger partial charge in [0, 0.05) is 31.7 Å². The predicted octanol–water partition coefficient (Wildman–Crippen LogP) is 0.783. The van der Waals surface area contributed by atoms with Crippen molar-refractivity contribution in [1.82, 2.24) is 9.80 Å². The molecule has 3 heteroatoms. The van der Waals surface area contributed by atoms with Crippen LogP contribution in [-0.4, -0.2) is 59.8 Å². The highest BCUT2D eigenvalue weighted by Gasteiger charge is 2.31. The zero-order valence-corrected chi connectivity index (χ0v) is 9.95. The molecule has 1 saturated heterocycles. The Hall–Kier alpha value is -0.120. The summed E-state index contributed by atoms with van der Waals surface area (Å²) in [4.78, 5) is 4.76. The first-order valence-electron chi connectivity index (χ1n) is 5.57. The largest absolute Gasteiger partial charge is 0.392 e. The number of β-amino-alcohol motifs (C(OH)–C–C–N with tert-alkyl or cyclic N) is 1. The van der Waals surface area contributed by atoms with Gasteiger partial charge >= 0.3 is 0 Å². The number of hydrogen-bond acceptors (Lipinski definition) is 3. The number of hydrogen-bond donors (Lipinski definition) is 1. The van der Waals surface area contributed by atoms with E-state index in [9.17, 15) is 5.11 Å². The minimum atomic E-state index is -0.158. The highest BCUT2D eigenvalue weighted by atomic mass is 16.3. The fourth-order valence-corrected chi connectivity index (χ4v) is 1.92. The van der Waals surface area contributed by atoms with E-state index in [4.69, 9.17) is 0 Å². The molecule has 0 aromatic rings. The Morgan fingerprint density at radius 2 is 2.00 bits per heavy atom. The lowest BCUT2D eigenvalue weighted by atomic mass is 9.99. The van der Waals surface area contributed by atoms with E-state index in [1.807, 2.05) is 6.92 Å². The van der Waals surface area contributed by atoms with Gasteiger partial charge in [-0.2, -0.15) is 0 Å². The van der Waals surface area contributed by atoms with Crippen molar-refractivity contribution in [3.63, 3.8) is 0 Å². The summed E-state index contributed by atoms with van der Waals surface area (Å²) in [6, 6.07) is 0. The van der Waals surface area contributed by atoms with E-state index < -0.39 is 0 Å². The number of piperazine rings is 1. The molecule has 1 rings (SSSR count). The third-order valence-electron chi connectivity index (χ3n) is 3.34. The van der Waals surface area contributed by atoms with Crippen molar-refractivity contribution >= 4 is 0 Å². The van der Waals surface area contributed by atoms with Crippen LogP contribution in [0.15, 0.2) is 0 Å². The van der Waals surface area contributed by atoms with Crippen LogP contribution in [0.1, 0.15) is 27.2 Å². The zero-order chi connectivity index (χ0) is 10.8. The Morgan fingerprint density at radius 1 is 1.36 bits per heavy atom. The second-order valence-electron chi connectivity index (χ2n) is 5.03. The van der Waals surface area contributed by atoms with Gasteiger partial charge in [0.05, 0.1) is 6.10 Å². The molecule has 1 fully saturated rings. The van der Waals surface area contributed by atoms with Crippen molar-refractivity contribution in [2.75, 3.05) is 33.2 Å². The summed E-state index contributed by atoms with van der Waals surface area (Å²) in [6.07, 6.45) is 0.696. The SMILES string of the molecule is CC[C@@H](O)CN1CCN(C)C(C)(C)C1. The molecule has 0 aromatic heterocycles. The van der Waals surface area contributed by atoms with Crippen molar-refractivity contribution in [2.45, 2.75) is 38.8 Å². The molecular formula is C11H24N2O. The third kappa shape index (κ3) is 2.94. The quantitative estimate of drug-likeness (QED) is 0.729. The average Bonchev–Trinajstić information content (AvgIpc) is 2.11. The molecule has 1 aliphatic heterocycles. The Morgan fingerprint density at radius 3 is 2.50 bits per heavy atom. The Labute approximate surface area is 87.7 Å². The molecule has 0 amide bonds. The maximum atomic E-state index is 9.59. The van der Waals surface area contributed by atoms with Crippen LogP contribution in [0.25, 0.3) is 0 Å². The van der Waals surface area contributed by atoms with Gasteiger partial charge in [-0.25, -0.2) is 0 Å². The van der Waals surface area contributed by atoms with Crippen LogP contribution in [0.5, 0.6) is 0 Å². The second kappa shape index (κ2) is 4.60. The number of rotatable bonds is 3. The molecule has 0 saturated carbocycles. The Balaban J connectivity index is 2.43. The summed E-state index contributed by atoms with van der Waals surface area (Å²) in [7, 11) is 2.17. The van der Waals surface area contributed by atoms with Gasteiger partial charge in [0.2, 0.25) is 0 Å². The van der Waals surface area contributed by atoms with Crippen molar-refractivity contribution in [3.05, 3.63) is 0 Å². The third-order valence-corrected chi connectivity index (χ3v) is 3.34. The Kier molecular flexibility index (Phi) is 3.93. The van der Waals surface area contributed by atoms with E-state index in [-0.39, 0.29) is 11.6 Å². The molecule has 1 atom stereocenters. The van der Waals surface area contributed by atoms with Gasteiger partial charge < -0.3 is 5.11 Å². The maximum Gasteiger partial charge on any atom is 0.0664 e. The van der Waals surface area contributed by atoms with E-state index in [2.05, 4.69) is 30.7 Å². The average molecular weight is 200 g/mol. The lowest BCUT2D eigenvalue weighted by Crippen LogP contribution is -2.58. The number of nitrogens with zero attached hydrogens (tertiary/aromatic N) is 2. The van der Waals surface area contributed by atoms with Crippen LogP contribution in [-0.2, 0) is 0 Å². The standard InChI is InChI=1S/C11H24N2O/c1-5-10(14)8-13-7-6-12(4)11(2,3)9-13/h10,14H,5-9H2,1-4H3/t10-/m1/s1. The van der Waals surface area contributed by atoms with Crippen LogP contribution >= 0.6 is 0 Å². The fourth-order valence-electron chi connectivity index (χ4n) is 1.92. The van der Waals surface area contributed by atoms with Gasteiger partial charge in [-0.1, -0.05) is 6.92 Å². The van der Waals surface area contributed by atoms with Crippen molar-refractivity contribution in [3.8, 4) is 0 Å². The van der Waals surface area contributed by atoms with Crippen LogP contribution in [0, 0.1) is 0 Å². The van der Waals surface area contributed by atoms with E-state index in [0.29, 0.717) is 0 Å². The maximum absolute atomic E-state index is 9.59. The number of aliphatic hydroxyl groups excluding tert-OH is 1. The molecule has 1 aliphatic rings. The lowest BCUT2D eigenvalue weighted by Gasteiger charge is -2.45. The van der Waals surface area contributed by atoms with E-state index >= 15 is 0 Å². The first-order chi connectivity index (χ1) is 6.45.